The summed E-state index contributed by atoms with van der Waals surface area (Å²) in [5.74, 6) is -0.553. The summed E-state index contributed by atoms with van der Waals surface area (Å²) in [5.41, 5.74) is 0. The van der Waals surface area contributed by atoms with E-state index in [0.717, 1.165) is 83.5 Å². The van der Waals surface area contributed by atoms with Gasteiger partial charge in [0, 0.05) is 12.8 Å². The summed E-state index contributed by atoms with van der Waals surface area (Å²) in [6.07, 6.45) is 70.1. The summed E-state index contributed by atoms with van der Waals surface area (Å²) in [6, 6.07) is -0.895. The third-order valence-electron chi connectivity index (χ3n) is 13.7. The van der Waals surface area contributed by atoms with Crippen LogP contribution in [-0.2, 0) is 27.9 Å². The molecule has 3 unspecified atom stereocenters. The fraction of sp³-hybridized carbons (Fsp3) is 0.785. The van der Waals surface area contributed by atoms with Crippen molar-refractivity contribution in [3.63, 3.8) is 0 Å². The Morgan fingerprint density at radius 3 is 1.40 bits per heavy atom. The average molecular weight is 1070 g/mol. The number of amides is 1. The van der Waals surface area contributed by atoms with E-state index in [1.165, 1.54) is 161 Å². The molecule has 9 nitrogen and oxygen atoms in total. The number of hydrogen-bond donors (Lipinski definition) is 1. The van der Waals surface area contributed by atoms with Crippen LogP contribution in [0.5, 0.6) is 0 Å². The maximum absolute atomic E-state index is 13.5. The molecule has 0 rings (SSSR count). The number of esters is 1. The van der Waals surface area contributed by atoms with Crippen LogP contribution in [0.3, 0.4) is 0 Å². The van der Waals surface area contributed by atoms with Gasteiger partial charge in [0.2, 0.25) is 5.91 Å². The zero-order valence-corrected chi connectivity index (χ0v) is 50.6. The Kier molecular flexibility index (Phi) is 52.9. The number of allylic oxidation sites excluding steroid dienone is 11. The number of phosphoric acid groups is 1. The van der Waals surface area contributed by atoms with Gasteiger partial charge >= 0.3 is 5.97 Å². The van der Waals surface area contributed by atoms with E-state index < -0.39 is 26.6 Å². The van der Waals surface area contributed by atoms with E-state index >= 15 is 0 Å². The van der Waals surface area contributed by atoms with Crippen LogP contribution in [0.15, 0.2) is 72.9 Å². The molecule has 1 N–H and O–H groups in total. The number of hydrogen-bond acceptors (Lipinski definition) is 7. The van der Waals surface area contributed by atoms with E-state index in [9.17, 15) is 19.0 Å². The van der Waals surface area contributed by atoms with E-state index in [-0.39, 0.29) is 24.9 Å². The third-order valence-corrected chi connectivity index (χ3v) is 14.6. The van der Waals surface area contributed by atoms with E-state index in [2.05, 4.69) is 86.8 Å². The van der Waals surface area contributed by atoms with Crippen LogP contribution >= 0.6 is 7.82 Å². The Morgan fingerprint density at radius 2 is 0.907 bits per heavy atom. The molecule has 10 heteroatoms. The standard InChI is InChI=1S/C65H119N2O7P/c1-7-10-13-16-19-22-25-27-29-30-31-32-33-34-35-36-38-39-42-45-48-51-54-57-64(68)66-62(61-73-75(70,71)72-60-59-67(4,5)6)63(56-53-50-47-44-41-24-21-18-15-12-9-3)74-65(69)58-55-52-49-46-43-40-37-28-26-23-20-17-14-11-8-2/h11,14,17,19-20,22-23,26-27,29,53,56,62-63H,7-10,12-13,15-16,18,21,24-25,28,30-52,54-55,57-61H2,1-6H3,(H-,66,68,70,71)/b14-11+,20-17+,22-19-,26-23+,29-27-,56-53-. The van der Waals surface area contributed by atoms with Gasteiger partial charge in [0.25, 0.3) is 7.82 Å². The van der Waals surface area contributed by atoms with Crippen molar-refractivity contribution < 1.29 is 37.3 Å². The molecule has 1 amide bonds. The first-order valence-electron chi connectivity index (χ1n) is 31.3. The number of quaternary nitrogens is 1. The van der Waals surface area contributed by atoms with Crippen LogP contribution < -0.4 is 10.2 Å². The number of nitrogens with zero attached hydrogens (tertiary/aromatic N) is 1. The first-order valence-corrected chi connectivity index (χ1v) is 32.7. The molecule has 0 saturated heterocycles. The van der Waals surface area contributed by atoms with Gasteiger partial charge in [-0.2, -0.15) is 0 Å². The summed E-state index contributed by atoms with van der Waals surface area (Å²) >= 11 is 0. The quantitative estimate of drug-likeness (QED) is 0.0161. The molecule has 0 bridgehead atoms. The molecule has 0 heterocycles. The SMILES string of the molecule is CC/C=C/C=C/C=C/CCCCCCCCCC(=O)OC(/C=C\CCCCCCCCCCC)C(COP(=O)([O-])OCC[N+](C)(C)C)NC(=O)CCCCCCCCCCCCCCC/C=C\C/C=C\CCCCC. The molecular formula is C65H119N2O7P. The summed E-state index contributed by atoms with van der Waals surface area (Å²) in [5, 5.41) is 3.03. The largest absolute Gasteiger partial charge is 0.756 e. The predicted octanol–water partition coefficient (Wildman–Crippen LogP) is 18.6. The number of nitrogens with one attached hydrogen (secondary N) is 1. The molecule has 0 aromatic carbocycles. The minimum absolute atomic E-state index is 0.0263. The van der Waals surface area contributed by atoms with Gasteiger partial charge in [0.05, 0.1) is 33.8 Å². The molecule has 0 aromatic rings. The van der Waals surface area contributed by atoms with Gasteiger partial charge in [0.1, 0.15) is 19.3 Å². The van der Waals surface area contributed by atoms with Gasteiger partial charge < -0.3 is 28.5 Å². The second-order valence-corrected chi connectivity index (χ2v) is 23.6. The van der Waals surface area contributed by atoms with Crippen LogP contribution in [-0.4, -0.2) is 69.4 Å². The molecule has 0 aliphatic heterocycles. The lowest BCUT2D eigenvalue weighted by Crippen LogP contribution is -2.47. The predicted molar refractivity (Wildman–Crippen MR) is 321 cm³/mol. The van der Waals surface area contributed by atoms with Crippen LogP contribution in [0.2, 0.25) is 0 Å². The average Bonchev–Trinajstić information content (AvgIpc) is 3.37. The molecule has 0 fully saturated rings. The molecule has 0 spiro atoms. The minimum Gasteiger partial charge on any atom is -0.756 e. The highest BCUT2D eigenvalue weighted by Gasteiger charge is 2.27. The minimum atomic E-state index is -4.70. The van der Waals surface area contributed by atoms with Crippen molar-refractivity contribution in [1.82, 2.24) is 5.32 Å². The van der Waals surface area contributed by atoms with Crippen LogP contribution in [0.25, 0.3) is 0 Å². The lowest BCUT2D eigenvalue weighted by Gasteiger charge is -2.30. The topological polar surface area (TPSA) is 114 Å². The fourth-order valence-electron chi connectivity index (χ4n) is 8.85. The molecule has 436 valence electrons. The first-order chi connectivity index (χ1) is 36.4. The summed E-state index contributed by atoms with van der Waals surface area (Å²) in [6.45, 7) is 6.68. The van der Waals surface area contributed by atoms with Gasteiger partial charge in [-0.1, -0.05) is 255 Å². The van der Waals surface area contributed by atoms with Crippen molar-refractivity contribution in [3.05, 3.63) is 72.9 Å². The van der Waals surface area contributed by atoms with Crippen LogP contribution in [0, 0.1) is 0 Å². The number of phosphoric ester groups is 1. The van der Waals surface area contributed by atoms with Crippen LogP contribution in [0.1, 0.15) is 278 Å². The number of carbonyl (C=O) groups is 2. The lowest BCUT2D eigenvalue weighted by atomic mass is 10.0. The van der Waals surface area contributed by atoms with Crippen molar-refractivity contribution in [2.24, 2.45) is 0 Å². The van der Waals surface area contributed by atoms with Crippen molar-refractivity contribution in [1.29, 1.82) is 0 Å². The van der Waals surface area contributed by atoms with Gasteiger partial charge in [-0.15, -0.1) is 0 Å². The molecule has 0 aromatic heterocycles. The van der Waals surface area contributed by atoms with Gasteiger partial charge in [0.15, 0.2) is 0 Å². The zero-order chi connectivity index (χ0) is 55.0. The number of carbonyl (C=O) groups excluding carboxylic acids is 2. The highest BCUT2D eigenvalue weighted by Crippen LogP contribution is 2.38. The molecule has 0 radical (unpaired) electrons. The Labute approximate surface area is 463 Å². The Hall–Kier alpha value is -2.55. The number of rotatable bonds is 56. The van der Waals surface area contributed by atoms with Crippen molar-refractivity contribution in [3.8, 4) is 0 Å². The van der Waals surface area contributed by atoms with E-state index in [1.54, 1.807) is 0 Å². The van der Waals surface area contributed by atoms with E-state index in [4.69, 9.17) is 13.8 Å². The zero-order valence-electron chi connectivity index (χ0n) is 49.7. The molecule has 3 atom stereocenters. The van der Waals surface area contributed by atoms with E-state index in [0.29, 0.717) is 17.4 Å². The fourth-order valence-corrected chi connectivity index (χ4v) is 9.57. The first kappa shape index (κ1) is 72.5. The molecule has 75 heavy (non-hydrogen) atoms. The Morgan fingerprint density at radius 1 is 0.493 bits per heavy atom. The smallest absolute Gasteiger partial charge is 0.306 e. The number of unbranched alkanes of at least 4 members (excludes halogenated alkanes) is 32. The lowest BCUT2D eigenvalue weighted by molar-refractivity contribution is -0.870. The Balaban J connectivity index is 5.14. The second kappa shape index (κ2) is 54.8. The highest BCUT2D eigenvalue weighted by molar-refractivity contribution is 7.45. The third kappa shape index (κ3) is 56.0. The highest BCUT2D eigenvalue weighted by atomic mass is 31.2. The molecular weight excluding hydrogens is 952 g/mol. The maximum atomic E-state index is 13.5. The van der Waals surface area contributed by atoms with Crippen LogP contribution in [0.4, 0.5) is 0 Å². The molecule has 0 aliphatic rings. The number of likely N-dealkylation sites (N-methyl/N-ethyl adjacent to an activating group) is 1. The summed E-state index contributed by atoms with van der Waals surface area (Å²) in [4.78, 5) is 40.0. The monoisotopic (exact) mass is 1070 g/mol. The normalized spacial score (nSPS) is 14.2. The van der Waals surface area contributed by atoms with Crippen molar-refractivity contribution in [2.75, 3.05) is 40.9 Å². The van der Waals surface area contributed by atoms with Crippen molar-refractivity contribution in [2.45, 2.75) is 290 Å². The van der Waals surface area contributed by atoms with E-state index in [1.807, 2.05) is 33.3 Å². The Bertz CT molecular complexity index is 1510. The van der Waals surface area contributed by atoms with Crippen molar-refractivity contribution >= 4 is 19.7 Å². The maximum Gasteiger partial charge on any atom is 0.306 e. The van der Waals surface area contributed by atoms with Gasteiger partial charge in [-0.3, -0.25) is 14.2 Å². The van der Waals surface area contributed by atoms with Gasteiger partial charge in [-0.05, 0) is 83.1 Å². The summed E-state index contributed by atoms with van der Waals surface area (Å²) in [7, 11) is 1.17. The second-order valence-electron chi connectivity index (χ2n) is 22.2. The summed E-state index contributed by atoms with van der Waals surface area (Å²) < 4.78 is 30.3. The molecule has 0 aliphatic carbocycles. The number of ether oxygens (including phenoxy) is 1. The van der Waals surface area contributed by atoms with Gasteiger partial charge in [-0.25, -0.2) is 0 Å². The molecule has 0 saturated carbocycles.